The maximum atomic E-state index is 4.59. The lowest BCUT2D eigenvalue weighted by molar-refractivity contribution is 0.737. The number of nitrogens with one attached hydrogen (secondary N) is 2. The number of imidazole rings is 1. The van der Waals surface area contributed by atoms with Gasteiger partial charge >= 0.3 is 0 Å². The van der Waals surface area contributed by atoms with E-state index in [-0.39, 0.29) is 0 Å². The number of benzene rings is 1. The van der Waals surface area contributed by atoms with Gasteiger partial charge in [0, 0.05) is 23.7 Å². The van der Waals surface area contributed by atoms with E-state index < -0.39 is 0 Å². The van der Waals surface area contributed by atoms with Gasteiger partial charge in [-0.15, -0.1) is 0 Å². The van der Waals surface area contributed by atoms with Gasteiger partial charge in [0.25, 0.3) is 0 Å². The molecule has 0 fully saturated rings. The van der Waals surface area contributed by atoms with Crippen LogP contribution in [0.15, 0.2) is 54.7 Å². The Kier molecular flexibility index (Phi) is 3.98. The first-order valence-corrected chi connectivity index (χ1v) is 8.01. The Hall–Kier alpha value is -3.81. The van der Waals surface area contributed by atoms with Crippen LogP contribution >= 0.6 is 0 Å². The average Bonchev–Trinajstić information content (AvgIpc) is 3.28. The molecule has 0 aliphatic heterocycles. The summed E-state index contributed by atoms with van der Waals surface area (Å²) in [5.74, 6) is 0.489. The summed E-state index contributed by atoms with van der Waals surface area (Å²) in [4.78, 5) is 17.7. The molecule has 1 aromatic carbocycles. The van der Waals surface area contributed by atoms with E-state index in [1.165, 1.54) is 4.79 Å². The lowest BCUT2D eigenvalue weighted by Gasteiger charge is -2.06. The zero-order valence-corrected chi connectivity index (χ0v) is 14.1. The quantitative estimate of drug-likeness (QED) is 0.540. The third-order valence-corrected chi connectivity index (χ3v) is 3.81. The van der Waals surface area contributed by atoms with E-state index in [4.69, 9.17) is 0 Å². The molecule has 0 bridgehead atoms. The van der Waals surface area contributed by atoms with E-state index in [9.17, 15) is 0 Å². The number of aromatic amines is 1. The fourth-order valence-electron chi connectivity index (χ4n) is 2.65. The highest BCUT2D eigenvalue weighted by molar-refractivity contribution is 5.79. The molecule has 0 amide bonds. The number of hydrogen-bond donors (Lipinski definition) is 2. The summed E-state index contributed by atoms with van der Waals surface area (Å²) in [6, 6.07) is 7.65. The molecule has 128 valence electrons. The standard InChI is InChI=1S/C18H16N8/c1-3-17-13(10-23-26(17)22-4-2)14-7-8-19-18(25-14)24-12-5-6-15-16(9-12)21-11-20-15/h3-11H,1H2,2H3,(H,20,21)(H,19,24,25)/b22-4-. The van der Waals surface area contributed by atoms with Crippen molar-refractivity contribution >= 4 is 35.0 Å². The van der Waals surface area contributed by atoms with Gasteiger partial charge in [-0.2, -0.15) is 15.0 Å². The third-order valence-electron chi connectivity index (χ3n) is 3.81. The maximum absolute atomic E-state index is 4.59. The fourth-order valence-corrected chi connectivity index (χ4v) is 2.65. The molecular weight excluding hydrogens is 328 g/mol. The van der Waals surface area contributed by atoms with Crippen LogP contribution in [0.1, 0.15) is 12.6 Å². The minimum absolute atomic E-state index is 0.489. The first-order valence-electron chi connectivity index (χ1n) is 8.01. The van der Waals surface area contributed by atoms with Crippen LogP contribution in [0.5, 0.6) is 0 Å². The number of rotatable bonds is 5. The van der Waals surface area contributed by atoms with Crippen molar-refractivity contribution in [2.45, 2.75) is 6.92 Å². The average molecular weight is 344 g/mol. The molecule has 4 rings (SSSR count). The molecule has 3 aromatic heterocycles. The minimum atomic E-state index is 0.489. The normalized spacial score (nSPS) is 11.3. The highest BCUT2D eigenvalue weighted by Crippen LogP contribution is 2.24. The fraction of sp³-hybridized carbons (Fsp3) is 0.0556. The maximum Gasteiger partial charge on any atom is 0.227 e. The van der Waals surface area contributed by atoms with E-state index >= 15 is 0 Å². The first-order chi connectivity index (χ1) is 12.8. The Labute approximate surface area is 149 Å². The number of H-pyrrole nitrogens is 1. The number of nitrogens with zero attached hydrogens (tertiary/aromatic N) is 6. The molecule has 8 heteroatoms. The van der Waals surface area contributed by atoms with Gasteiger partial charge in [0.05, 0.1) is 34.9 Å². The van der Waals surface area contributed by atoms with Crippen LogP contribution in [0.3, 0.4) is 0 Å². The Balaban J connectivity index is 1.67. The summed E-state index contributed by atoms with van der Waals surface area (Å²) in [5.41, 5.74) is 5.06. The number of hydrogen-bond acceptors (Lipinski definition) is 6. The molecule has 0 saturated carbocycles. The SMILES string of the molecule is C=Cc1c(-c2ccnc(Nc3ccc4nc[nH]c4c3)n2)cnn1/N=C\C. The molecule has 0 spiro atoms. The van der Waals surface area contributed by atoms with Crippen LogP contribution in [0.2, 0.25) is 0 Å². The molecule has 4 aromatic rings. The van der Waals surface area contributed by atoms with Crippen molar-refractivity contribution in [3.8, 4) is 11.3 Å². The molecular formula is C18H16N8. The summed E-state index contributed by atoms with van der Waals surface area (Å²) in [5, 5.41) is 11.6. The van der Waals surface area contributed by atoms with Crippen LogP contribution in [0, 0.1) is 0 Å². The van der Waals surface area contributed by atoms with Gasteiger partial charge in [-0.3, -0.25) is 0 Å². The summed E-state index contributed by atoms with van der Waals surface area (Å²) in [6.07, 6.45) is 8.46. The van der Waals surface area contributed by atoms with Crippen molar-refractivity contribution in [1.29, 1.82) is 0 Å². The van der Waals surface area contributed by atoms with Crippen LogP contribution in [-0.2, 0) is 0 Å². The molecule has 2 N–H and O–H groups in total. The smallest absolute Gasteiger partial charge is 0.227 e. The van der Waals surface area contributed by atoms with Crippen LogP contribution in [-0.4, -0.2) is 36.0 Å². The van der Waals surface area contributed by atoms with Crippen molar-refractivity contribution in [3.63, 3.8) is 0 Å². The van der Waals surface area contributed by atoms with E-state index in [0.717, 1.165) is 33.7 Å². The van der Waals surface area contributed by atoms with Gasteiger partial charge in [-0.25, -0.2) is 15.0 Å². The predicted molar refractivity (Wildman–Crippen MR) is 102 cm³/mol. The van der Waals surface area contributed by atoms with E-state index in [1.807, 2.05) is 31.2 Å². The van der Waals surface area contributed by atoms with Gasteiger partial charge < -0.3 is 10.3 Å². The van der Waals surface area contributed by atoms with Crippen LogP contribution in [0.4, 0.5) is 11.6 Å². The Morgan fingerprint density at radius 1 is 1.27 bits per heavy atom. The van der Waals surface area contributed by atoms with E-state index in [1.54, 1.807) is 31.0 Å². The van der Waals surface area contributed by atoms with E-state index in [0.29, 0.717) is 5.95 Å². The topological polar surface area (TPSA) is 96.7 Å². The zero-order chi connectivity index (χ0) is 17.9. The molecule has 0 atom stereocenters. The molecule has 0 radical (unpaired) electrons. The molecule has 0 saturated heterocycles. The number of fused-ring (bicyclic) bond motifs is 1. The minimum Gasteiger partial charge on any atom is -0.345 e. The lowest BCUT2D eigenvalue weighted by atomic mass is 10.2. The molecule has 26 heavy (non-hydrogen) atoms. The Bertz CT molecular complexity index is 1110. The highest BCUT2D eigenvalue weighted by Gasteiger charge is 2.12. The zero-order valence-electron chi connectivity index (χ0n) is 14.1. The van der Waals surface area contributed by atoms with Crippen molar-refractivity contribution in [1.82, 2.24) is 29.8 Å². The first kappa shape index (κ1) is 15.7. The molecule has 0 unspecified atom stereocenters. The summed E-state index contributed by atoms with van der Waals surface area (Å²) in [7, 11) is 0. The van der Waals surface area contributed by atoms with Crippen molar-refractivity contribution < 1.29 is 0 Å². The highest BCUT2D eigenvalue weighted by atomic mass is 15.5. The van der Waals surface area contributed by atoms with Gasteiger partial charge in [-0.1, -0.05) is 6.58 Å². The Morgan fingerprint density at radius 3 is 3.04 bits per heavy atom. The molecule has 3 heterocycles. The van der Waals surface area contributed by atoms with Crippen molar-refractivity contribution in [2.24, 2.45) is 5.10 Å². The summed E-state index contributed by atoms with van der Waals surface area (Å²) >= 11 is 0. The van der Waals surface area contributed by atoms with Crippen molar-refractivity contribution in [3.05, 3.63) is 55.3 Å². The number of anilines is 2. The second-order valence-electron chi connectivity index (χ2n) is 5.44. The lowest BCUT2D eigenvalue weighted by Crippen LogP contribution is -1.99. The van der Waals surface area contributed by atoms with Gasteiger partial charge in [0.2, 0.25) is 5.95 Å². The Morgan fingerprint density at radius 2 is 2.19 bits per heavy atom. The van der Waals surface area contributed by atoms with Gasteiger partial charge in [0.1, 0.15) is 0 Å². The summed E-state index contributed by atoms with van der Waals surface area (Å²) in [6.45, 7) is 5.67. The molecule has 0 aliphatic rings. The second-order valence-corrected chi connectivity index (χ2v) is 5.44. The van der Waals surface area contributed by atoms with Crippen LogP contribution < -0.4 is 5.32 Å². The third kappa shape index (κ3) is 2.84. The number of aromatic nitrogens is 6. The summed E-state index contributed by atoms with van der Waals surface area (Å²) < 4.78 is 0. The van der Waals surface area contributed by atoms with Gasteiger partial charge in [0.15, 0.2) is 0 Å². The largest absolute Gasteiger partial charge is 0.345 e. The van der Waals surface area contributed by atoms with Crippen molar-refractivity contribution in [2.75, 3.05) is 5.32 Å². The monoisotopic (exact) mass is 344 g/mol. The van der Waals surface area contributed by atoms with E-state index in [2.05, 4.69) is 42.0 Å². The van der Waals surface area contributed by atoms with Gasteiger partial charge in [-0.05, 0) is 37.3 Å². The predicted octanol–water partition coefficient (Wildman–Crippen LogP) is 3.46. The molecule has 8 nitrogen and oxygen atoms in total. The van der Waals surface area contributed by atoms with Crippen LogP contribution in [0.25, 0.3) is 28.4 Å². The molecule has 0 aliphatic carbocycles. The second kappa shape index (κ2) is 6.60.